The quantitative estimate of drug-likeness (QED) is 0.521. The number of fused-ring (bicyclic) bond motifs is 1. The molecule has 0 saturated carbocycles. The molecule has 0 fully saturated rings. The summed E-state index contributed by atoms with van der Waals surface area (Å²) in [5, 5.41) is 7.21. The normalized spacial score (nSPS) is 11.2. The third-order valence-electron chi connectivity index (χ3n) is 2.74. The van der Waals surface area contributed by atoms with Crippen LogP contribution in [0.3, 0.4) is 0 Å². The molecule has 0 saturated heterocycles. The number of H-pyrrole nitrogens is 1. The minimum absolute atomic E-state index is 0.0288. The standard InChI is InChI=1S/C12H5F3IN3/c13-8-2-1-5(9(14)10(8)15)6-3-17-12-7(11(6)16)4-18-19-12/h1-4H,(H,17,18,19). The molecule has 1 aromatic carbocycles. The molecule has 0 unspecified atom stereocenters. The van der Waals surface area contributed by atoms with Crippen molar-refractivity contribution in [1.82, 2.24) is 15.2 Å². The fourth-order valence-electron chi connectivity index (χ4n) is 1.79. The molecule has 0 bridgehead atoms. The van der Waals surface area contributed by atoms with Crippen molar-refractivity contribution >= 4 is 33.6 Å². The molecule has 3 rings (SSSR count). The Morgan fingerprint density at radius 3 is 2.58 bits per heavy atom. The number of benzene rings is 1. The Morgan fingerprint density at radius 2 is 1.79 bits per heavy atom. The van der Waals surface area contributed by atoms with Gasteiger partial charge in [0, 0.05) is 20.9 Å². The Hall–Kier alpha value is -1.64. The number of hydrogen-bond acceptors (Lipinski definition) is 2. The number of rotatable bonds is 1. The lowest BCUT2D eigenvalue weighted by Gasteiger charge is -2.07. The lowest BCUT2D eigenvalue weighted by Crippen LogP contribution is -1.96. The van der Waals surface area contributed by atoms with Crippen LogP contribution in [0.4, 0.5) is 13.2 Å². The van der Waals surface area contributed by atoms with E-state index in [9.17, 15) is 13.2 Å². The smallest absolute Gasteiger partial charge is 0.195 e. The Kier molecular flexibility index (Phi) is 2.92. The van der Waals surface area contributed by atoms with Gasteiger partial charge in [0.25, 0.3) is 0 Å². The number of halogens is 4. The van der Waals surface area contributed by atoms with Crippen molar-refractivity contribution in [2.45, 2.75) is 0 Å². The predicted octanol–water partition coefficient (Wildman–Crippen LogP) is 3.65. The number of nitrogens with zero attached hydrogens (tertiary/aromatic N) is 2. The zero-order valence-corrected chi connectivity index (χ0v) is 11.4. The fraction of sp³-hybridized carbons (Fsp3) is 0. The minimum atomic E-state index is -1.49. The van der Waals surface area contributed by atoms with E-state index in [-0.39, 0.29) is 5.56 Å². The maximum atomic E-state index is 13.8. The molecule has 0 aliphatic carbocycles. The minimum Gasteiger partial charge on any atom is -0.261 e. The molecule has 0 amide bonds. The number of hydrogen-bond donors (Lipinski definition) is 1. The highest BCUT2D eigenvalue weighted by Crippen LogP contribution is 2.32. The van der Waals surface area contributed by atoms with Gasteiger partial charge < -0.3 is 0 Å². The Balaban J connectivity index is 2.30. The first-order chi connectivity index (χ1) is 9.09. The molecule has 1 N–H and O–H groups in total. The van der Waals surface area contributed by atoms with Gasteiger partial charge in [-0.2, -0.15) is 5.10 Å². The number of pyridine rings is 1. The number of aromatic nitrogens is 3. The molecule has 19 heavy (non-hydrogen) atoms. The largest absolute Gasteiger partial charge is 0.261 e. The van der Waals surface area contributed by atoms with Gasteiger partial charge in [-0.15, -0.1) is 0 Å². The Labute approximate surface area is 119 Å². The van der Waals surface area contributed by atoms with Gasteiger partial charge in [-0.25, -0.2) is 18.2 Å². The van der Waals surface area contributed by atoms with Gasteiger partial charge in [0.2, 0.25) is 0 Å². The topological polar surface area (TPSA) is 41.6 Å². The number of nitrogens with one attached hydrogen (secondary N) is 1. The van der Waals surface area contributed by atoms with Gasteiger partial charge in [0.05, 0.1) is 11.6 Å². The van der Waals surface area contributed by atoms with E-state index < -0.39 is 17.5 Å². The van der Waals surface area contributed by atoms with E-state index in [4.69, 9.17) is 0 Å². The van der Waals surface area contributed by atoms with Gasteiger partial charge in [0.1, 0.15) is 0 Å². The molecule has 3 aromatic rings. The average molecular weight is 375 g/mol. The van der Waals surface area contributed by atoms with Crippen LogP contribution in [-0.4, -0.2) is 15.2 Å². The van der Waals surface area contributed by atoms with Crippen molar-refractivity contribution in [3.05, 3.63) is 45.5 Å². The van der Waals surface area contributed by atoms with Crippen LogP contribution in [0.2, 0.25) is 0 Å². The van der Waals surface area contributed by atoms with Crippen molar-refractivity contribution < 1.29 is 13.2 Å². The summed E-state index contributed by atoms with van der Waals surface area (Å²) in [6, 6.07) is 2.09. The SMILES string of the molecule is Fc1ccc(-c2cnc3[nH]ncc3c2I)c(F)c1F. The number of aromatic amines is 1. The van der Waals surface area contributed by atoms with Crippen LogP contribution in [-0.2, 0) is 0 Å². The zero-order valence-electron chi connectivity index (χ0n) is 9.22. The predicted molar refractivity (Wildman–Crippen MR) is 71.9 cm³/mol. The van der Waals surface area contributed by atoms with Crippen LogP contribution in [0.5, 0.6) is 0 Å². The zero-order chi connectivity index (χ0) is 13.6. The Morgan fingerprint density at radius 1 is 1.00 bits per heavy atom. The highest BCUT2D eigenvalue weighted by molar-refractivity contribution is 14.1. The lowest BCUT2D eigenvalue weighted by molar-refractivity contribution is 0.449. The first-order valence-electron chi connectivity index (χ1n) is 5.21. The maximum Gasteiger partial charge on any atom is 0.195 e. The summed E-state index contributed by atoms with van der Waals surface area (Å²) in [7, 11) is 0. The average Bonchev–Trinajstić information content (AvgIpc) is 2.87. The van der Waals surface area contributed by atoms with Gasteiger partial charge in [0.15, 0.2) is 23.1 Å². The van der Waals surface area contributed by atoms with E-state index in [1.165, 1.54) is 12.3 Å². The van der Waals surface area contributed by atoms with Crippen LogP contribution in [0.1, 0.15) is 0 Å². The van der Waals surface area contributed by atoms with E-state index in [0.29, 0.717) is 20.2 Å². The molecular formula is C12H5F3IN3. The van der Waals surface area contributed by atoms with Crippen molar-refractivity contribution in [3.63, 3.8) is 0 Å². The molecule has 7 heteroatoms. The second-order valence-corrected chi connectivity index (χ2v) is 4.92. The van der Waals surface area contributed by atoms with Crippen LogP contribution in [0.15, 0.2) is 24.5 Å². The maximum absolute atomic E-state index is 13.8. The highest BCUT2D eigenvalue weighted by atomic mass is 127. The van der Waals surface area contributed by atoms with Crippen LogP contribution >= 0.6 is 22.6 Å². The summed E-state index contributed by atoms with van der Waals surface area (Å²) in [6.07, 6.45) is 2.95. The second kappa shape index (κ2) is 4.48. The van der Waals surface area contributed by atoms with Crippen LogP contribution in [0, 0.1) is 21.0 Å². The van der Waals surface area contributed by atoms with Gasteiger partial charge in [-0.3, -0.25) is 5.10 Å². The van der Waals surface area contributed by atoms with E-state index in [1.54, 1.807) is 6.20 Å². The molecule has 2 heterocycles. The molecule has 0 aliphatic rings. The van der Waals surface area contributed by atoms with E-state index in [1.807, 2.05) is 22.6 Å². The molecule has 96 valence electrons. The van der Waals surface area contributed by atoms with Crippen LogP contribution < -0.4 is 0 Å². The van der Waals surface area contributed by atoms with Crippen molar-refractivity contribution in [2.75, 3.05) is 0 Å². The van der Waals surface area contributed by atoms with Crippen molar-refractivity contribution in [2.24, 2.45) is 0 Å². The van der Waals surface area contributed by atoms with E-state index >= 15 is 0 Å². The van der Waals surface area contributed by atoms with E-state index in [2.05, 4.69) is 15.2 Å². The molecule has 0 aliphatic heterocycles. The molecule has 2 aromatic heterocycles. The van der Waals surface area contributed by atoms with Gasteiger partial charge in [-0.05, 0) is 34.7 Å². The summed E-state index contributed by atoms with van der Waals surface area (Å²) < 4.78 is 40.7. The third kappa shape index (κ3) is 1.88. The molecule has 3 nitrogen and oxygen atoms in total. The van der Waals surface area contributed by atoms with Crippen molar-refractivity contribution in [1.29, 1.82) is 0 Å². The van der Waals surface area contributed by atoms with Crippen molar-refractivity contribution in [3.8, 4) is 11.1 Å². The first kappa shape index (κ1) is 12.4. The van der Waals surface area contributed by atoms with E-state index in [0.717, 1.165) is 6.07 Å². The first-order valence-corrected chi connectivity index (χ1v) is 6.29. The third-order valence-corrected chi connectivity index (χ3v) is 3.90. The van der Waals surface area contributed by atoms with Gasteiger partial charge in [-0.1, -0.05) is 0 Å². The molecular weight excluding hydrogens is 370 g/mol. The Bertz CT molecular complexity index is 785. The summed E-state index contributed by atoms with van der Waals surface area (Å²) in [5.74, 6) is -3.92. The molecule has 0 spiro atoms. The molecule has 0 radical (unpaired) electrons. The monoisotopic (exact) mass is 375 g/mol. The second-order valence-electron chi connectivity index (χ2n) is 3.84. The lowest BCUT2D eigenvalue weighted by atomic mass is 10.1. The summed E-state index contributed by atoms with van der Waals surface area (Å²) >= 11 is 1.99. The van der Waals surface area contributed by atoms with Gasteiger partial charge >= 0.3 is 0 Å². The van der Waals surface area contributed by atoms with Crippen LogP contribution in [0.25, 0.3) is 22.2 Å². The summed E-state index contributed by atoms with van der Waals surface area (Å²) in [4.78, 5) is 4.07. The highest BCUT2D eigenvalue weighted by Gasteiger charge is 2.18. The fourth-order valence-corrected chi connectivity index (χ4v) is 2.62. The molecule has 0 atom stereocenters. The summed E-state index contributed by atoms with van der Waals surface area (Å²) in [6.45, 7) is 0. The summed E-state index contributed by atoms with van der Waals surface area (Å²) in [5.41, 5.74) is 0.918.